The minimum atomic E-state index is -0.527. The molecule has 0 fully saturated rings. The monoisotopic (exact) mass is 605 g/mol. The summed E-state index contributed by atoms with van der Waals surface area (Å²) in [5.41, 5.74) is 11.3. The summed E-state index contributed by atoms with van der Waals surface area (Å²) in [7, 11) is 0. The number of para-hydroxylation sites is 1. The van der Waals surface area contributed by atoms with Crippen molar-refractivity contribution in [1.82, 2.24) is 0 Å². The standard InChI is InChI=1S/C45H35NO/c1-44(2)34-20-8-10-22-36(34)45(37-23-11-9-21-35(37)44)38-24-12-13-26-41(38)47-42-29-32(27-28-39(42)45)43-33-19-7-6-15-30(33)18-14-25-40(46-43)31-16-4-3-5-17-31/h3-13,15-24,26-29H,14,25H2,1-2H3/b30-18-,43-33?,46-40?. The summed E-state index contributed by atoms with van der Waals surface area (Å²) in [6.45, 7) is 4.71. The number of hydrogen-bond donors (Lipinski definition) is 0. The van der Waals surface area contributed by atoms with Crippen LogP contribution in [0.2, 0.25) is 0 Å². The van der Waals surface area contributed by atoms with Crippen molar-refractivity contribution in [3.63, 3.8) is 0 Å². The molecule has 0 unspecified atom stereocenters. The van der Waals surface area contributed by atoms with Crippen molar-refractivity contribution in [3.05, 3.63) is 201 Å². The van der Waals surface area contributed by atoms with Gasteiger partial charge in [0, 0.05) is 33.0 Å². The Bertz CT molecular complexity index is 2310. The molecule has 0 bridgehead atoms. The molecule has 6 aromatic carbocycles. The highest BCUT2D eigenvalue weighted by Gasteiger charge is 2.52. The summed E-state index contributed by atoms with van der Waals surface area (Å²) >= 11 is 0. The van der Waals surface area contributed by atoms with Crippen LogP contribution in [0.15, 0.2) is 151 Å². The molecule has 1 spiro atoms. The van der Waals surface area contributed by atoms with Crippen LogP contribution in [0.4, 0.5) is 0 Å². The summed E-state index contributed by atoms with van der Waals surface area (Å²) in [6.07, 6.45) is 4.17. The van der Waals surface area contributed by atoms with Gasteiger partial charge < -0.3 is 4.74 Å². The maximum atomic E-state index is 6.90. The summed E-state index contributed by atoms with van der Waals surface area (Å²) in [6, 6.07) is 52.7. The van der Waals surface area contributed by atoms with Crippen molar-refractivity contribution in [1.29, 1.82) is 0 Å². The summed E-state index contributed by atoms with van der Waals surface area (Å²) in [5, 5.41) is 2.36. The molecule has 1 aliphatic carbocycles. The maximum absolute atomic E-state index is 6.90. The van der Waals surface area contributed by atoms with E-state index < -0.39 is 5.41 Å². The molecule has 0 aromatic heterocycles. The van der Waals surface area contributed by atoms with E-state index in [-0.39, 0.29) is 5.41 Å². The number of fused-ring (bicyclic) bond motifs is 9. The first kappa shape index (κ1) is 27.8. The Labute approximate surface area is 276 Å². The van der Waals surface area contributed by atoms with Gasteiger partial charge in [0.15, 0.2) is 0 Å². The summed E-state index contributed by atoms with van der Waals surface area (Å²) < 4.78 is 6.90. The van der Waals surface area contributed by atoms with Gasteiger partial charge in [-0.25, -0.2) is 0 Å². The highest BCUT2D eigenvalue weighted by molar-refractivity contribution is 6.04. The van der Waals surface area contributed by atoms with Crippen LogP contribution in [0, 0.1) is 0 Å². The molecular formula is C45H35NO. The molecule has 0 saturated carbocycles. The Morgan fingerprint density at radius 3 is 1.87 bits per heavy atom. The van der Waals surface area contributed by atoms with Crippen molar-refractivity contribution in [2.75, 3.05) is 0 Å². The van der Waals surface area contributed by atoms with E-state index in [1.807, 2.05) is 0 Å². The van der Waals surface area contributed by atoms with Crippen molar-refractivity contribution in [2.24, 2.45) is 4.99 Å². The Morgan fingerprint density at radius 2 is 1.13 bits per heavy atom. The topological polar surface area (TPSA) is 21.6 Å². The zero-order chi connectivity index (χ0) is 31.6. The van der Waals surface area contributed by atoms with Crippen molar-refractivity contribution in [3.8, 4) is 11.5 Å². The molecule has 6 aromatic rings. The molecule has 0 amide bonds. The van der Waals surface area contributed by atoms with Crippen LogP contribution in [0.1, 0.15) is 71.2 Å². The second kappa shape index (κ2) is 10.5. The molecule has 2 nitrogen and oxygen atoms in total. The molecule has 3 aliphatic rings. The predicted octanol–water partition coefficient (Wildman–Crippen LogP) is 9.03. The highest BCUT2D eigenvalue weighted by atomic mass is 16.5. The Balaban J connectivity index is 1.35. The van der Waals surface area contributed by atoms with Gasteiger partial charge in [-0.05, 0) is 58.0 Å². The Morgan fingerprint density at radius 1 is 0.532 bits per heavy atom. The van der Waals surface area contributed by atoms with E-state index in [0.717, 1.165) is 57.7 Å². The van der Waals surface area contributed by atoms with Crippen LogP contribution in [-0.4, -0.2) is 5.71 Å². The van der Waals surface area contributed by atoms with Gasteiger partial charge in [0.1, 0.15) is 11.5 Å². The van der Waals surface area contributed by atoms with Crippen LogP contribution in [0.25, 0.3) is 11.8 Å². The first-order chi connectivity index (χ1) is 23.1. The second-order valence-corrected chi connectivity index (χ2v) is 13.4. The van der Waals surface area contributed by atoms with Gasteiger partial charge >= 0.3 is 0 Å². The molecule has 47 heavy (non-hydrogen) atoms. The molecule has 2 heteroatoms. The van der Waals surface area contributed by atoms with E-state index in [1.165, 1.54) is 33.0 Å². The van der Waals surface area contributed by atoms with Gasteiger partial charge in [0.2, 0.25) is 0 Å². The van der Waals surface area contributed by atoms with Gasteiger partial charge in [-0.2, -0.15) is 0 Å². The fourth-order valence-electron chi connectivity index (χ4n) is 8.34. The number of hydrogen-bond acceptors (Lipinski definition) is 2. The van der Waals surface area contributed by atoms with Gasteiger partial charge in [0.05, 0.1) is 11.1 Å². The molecule has 226 valence electrons. The number of rotatable bonds is 2. The Hall–Kier alpha value is -5.47. The van der Waals surface area contributed by atoms with Gasteiger partial charge in [0.25, 0.3) is 0 Å². The van der Waals surface area contributed by atoms with E-state index in [4.69, 9.17) is 9.73 Å². The largest absolute Gasteiger partial charge is 0.457 e. The van der Waals surface area contributed by atoms with E-state index >= 15 is 0 Å². The smallest absolute Gasteiger partial charge is 0.132 e. The molecule has 9 rings (SSSR count). The van der Waals surface area contributed by atoms with Crippen LogP contribution in [0.5, 0.6) is 11.5 Å². The van der Waals surface area contributed by atoms with Crippen molar-refractivity contribution in [2.45, 2.75) is 37.5 Å². The first-order valence-electron chi connectivity index (χ1n) is 16.6. The third-order valence-corrected chi connectivity index (χ3v) is 10.5. The van der Waals surface area contributed by atoms with E-state index in [1.54, 1.807) is 0 Å². The lowest BCUT2D eigenvalue weighted by Crippen LogP contribution is -2.43. The summed E-state index contributed by atoms with van der Waals surface area (Å²) in [4.78, 5) is 5.46. The minimum Gasteiger partial charge on any atom is -0.457 e. The maximum Gasteiger partial charge on any atom is 0.132 e. The lowest BCUT2D eigenvalue weighted by molar-refractivity contribution is 0.425. The minimum absolute atomic E-state index is 0.150. The fourth-order valence-corrected chi connectivity index (χ4v) is 8.34. The molecular weight excluding hydrogens is 571 g/mol. The molecule has 2 aliphatic heterocycles. The van der Waals surface area contributed by atoms with Crippen LogP contribution >= 0.6 is 0 Å². The Kier molecular flexibility index (Phi) is 6.23. The lowest BCUT2D eigenvalue weighted by atomic mass is 9.53. The van der Waals surface area contributed by atoms with E-state index in [9.17, 15) is 0 Å². The van der Waals surface area contributed by atoms with E-state index in [0.29, 0.717) is 0 Å². The average Bonchev–Trinajstić information content (AvgIpc) is 3.11. The molecule has 2 heterocycles. The molecule has 0 radical (unpaired) electrons. The van der Waals surface area contributed by atoms with Crippen molar-refractivity contribution >= 4 is 17.5 Å². The van der Waals surface area contributed by atoms with Gasteiger partial charge in [-0.1, -0.05) is 153 Å². The van der Waals surface area contributed by atoms with Gasteiger partial charge in [-0.3, -0.25) is 4.99 Å². The third kappa shape index (κ3) is 4.07. The normalized spacial score (nSPS) is 17.2. The number of aliphatic imine (C=N–C) groups is 1. The average molecular weight is 606 g/mol. The zero-order valence-corrected chi connectivity index (χ0v) is 26.7. The number of benzene rings is 6. The number of ether oxygens (including phenoxy) is 1. The fraction of sp³-hybridized carbons (Fsp3) is 0.133. The first-order valence-corrected chi connectivity index (χ1v) is 16.6. The molecule has 0 atom stereocenters. The molecule has 0 saturated heterocycles. The predicted molar refractivity (Wildman–Crippen MR) is 192 cm³/mol. The highest BCUT2D eigenvalue weighted by Crippen LogP contribution is 2.61. The van der Waals surface area contributed by atoms with Crippen LogP contribution in [0.3, 0.4) is 0 Å². The second-order valence-electron chi connectivity index (χ2n) is 13.4. The molecule has 0 N–H and O–H groups in total. The van der Waals surface area contributed by atoms with Crippen LogP contribution in [-0.2, 0) is 10.8 Å². The van der Waals surface area contributed by atoms with Crippen LogP contribution < -0.4 is 15.2 Å². The van der Waals surface area contributed by atoms with Gasteiger partial charge in [-0.15, -0.1) is 0 Å². The third-order valence-electron chi connectivity index (χ3n) is 10.5. The number of nitrogens with zero attached hydrogens (tertiary/aromatic N) is 1. The zero-order valence-electron chi connectivity index (χ0n) is 26.7. The van der Waals surface area contributed by atoms with Crippen molar-refractivity contribution < 1.29 is 4.74 Å². The summed E-state index contributed by atoms with van der Waals surface area (Å²) in [5.74, 6) is 1.77. The lowest BCUT2D eigenvalue weighted by Gasteiger charge is -2.50. The SMILES string of the molecule is CC1(C)c2ccccc2C2(c3ccccc3Oc3cc(C4=c5cccc/c5=C/CCC(c5ccccc5)=N4)ccc32)c2ccccc21. The quantitative estimate of drug-likeness (QED) is 0.193. The van der Waals surface area contributed by atoms with E-state index in [2.05, 4.69) is 166 Å².